The number of nitrogens with zero attached hydrogens (tertiary/aromatic N) is 6. The fourth-order valence-corrected chi connectivity index (χ4v) is 4.18. The molecule has 0 aromatic carbocycles. The molecule has 7 nitrogen and oxygen atoms in total. The lowest BCUT2D eigenvalue weighted by atomic mass is 9.96. The predicted molar refractivity (Wildman–Crippen MR) is 107 cm³/mol. The first-order valence-electron chi connectivity index (χ1n) is 10.0. The molecule has 0 atom stereocenters. The fraction of sp³-hybridized carbons (Fsp3) is 0.650. The van der Waals surface area contributed by atoms with Gasteiger partial charge in [-0.25, -0.2) is 4.98 Å². The normalized spacial score (nSPS) is 20.5. The predicted octanol–water partition coefficient (Wildman–Crippen LogP) is 0.940. The molecule has 3 heterocycles. The number of hydrogen-bond donors (Lipinski definition) is 0. The molecule has 146 valence electrons. The van der Waals surface area contributed by atoms with Crippen molar-refractivity contribution in [3.63, 3.8) is 0 Å². The fourth-order valence-electron chi connectivity index (χ4n) is 4.18. The molecule has 0 bridgehead atoms. The third-order valence-electron chi connectivity index (χ3n) is 6.09. The van der Waals surface area contributed by atoms with Gasteiger partial charge >= 0.3 is 0 Å². The average Bonchev–Trinajstić information content (AvgIpc) is 2.65. The van der Waals surface area contributed by atoms with E-state index in [1.165, 1.54) is 30.2 Å². The number of likely N-dealkylation sites (N-methyl/N-ethyl adjacent to an activating group) is 1. The SMILES string of the molecule is C=CC(=O)N1CCN(c2nc(N3CC(N(C)C)C3)nc3c2CCCC3)CC1. The van der Waals surface area contributed by atoms with Crippen molar-refractivity contribution in [2.24, 2.45) is 0 Å². The minimum Gasteiger partial charge on any atom is -0.353 e. The summed E-state index contributed by atoms with van der Waals surface area (Å²) in [4.78, 5) is 30.6. The van der Waals surface area contributed by atoms with Crippen LogP contribution in [0.2, 0.25) is 0 Å². The second-order valence-corrected chi connectivity index (χ2v) is 8.02. The highest BCUT2D eigenvalue weighted by molar-refractivity contribution is 5.87. The van der Waals surface area contributed by atoms with Crippen molar-refractivity contribution in [2.75, 3.05) is 63.2 Å². The molecule has 1 amide bonds. The lowest BCUT2D eigenvalue weighted by molar-refractivity contribution is -0.126. The van der Waals surface area contributed by atoms with Gasteiger partial charge in [0, 0.05) is 50.9 Å². The van der Waals surface area contributed by atoms with Gasteiger partial charge in [-0.05, 0) is 45.9 Å². The van der Waals surface area contributed by atoms with Crippen molar-refractivity contribution in [3.8, 4) is 0 Å². The van der Waals surface area contributed by atoms with Gasteiger partial charge in [-0.15, -0.1) is 0 Å². The summed E-state index contributed by atoms with van der Waals surface area (Å²) < 4.78 is 0. The van der Waals surface area contributed by atoms with Crippen LogP contribution in [0, 0.1) is 0 Å². The van der Waals surface area contributed by atoms with Gasteiger partial charge in [-0.3, -0.25) is 4.79 Å². The molecule has 4 rings (SSSR count). The number of carbonyl (C=O) groups excluding carboxylic acids is 1. The van der Waals surface area contributed by atoms with Crippen molar-refractivity contribution >= 4 is 17.7 Å². The van der Waals surface area contributed by atoms with E-state index >= 15 is 0 Å². The minimum atomic E-state index is 0.0235. The van der Waals surface area contributed by atoms with Crippen LogP contribution < -0.4 is 9.80 Å². The Balaban J connectivity index is 1.55. The number of piperazine rings is 1. The summed E-state index contributed by atoms with van der Waals surface area (Å²) >= 11 is 0. The van der Waals surface area contributed by atoms with Gasteiger partial charge < -0.3 is 19.6 Å². The Labute approximate surface area is 161 Å². The van der Waals surface area contributed by atoms with Gasteiger partial charge in [-0.1, -0.05) is 6.58 Å². The third-order valence-corrected chi connectivity index (χ3v) is 6.09. The van der Waals surface area contributed by atoms with Crippen molar-refractivity contribution in [1.29, 1.82) is 0 Å². The van der Waals surface area contributed by atoms with Crippen molar-refractivity contribution in [2.45, 2.75) is 31.7 Å². The Morgan fingerprint density at radius 1 is 1.07 bits per heavy atom. The van der Waals surface area contributed by atoms with Gasteiger partial charge in [0.15, 0.2) is 0 Å². The van der Waals surface area contributed by atoms with Crippen LogP contribution in [0.15, 0.2) is 12.7 Å². The molecule has 1 aliphatic carbocycles. The maximum Gasteiger partial charge on any atom is 0.246 e. The van der Waals surface area contributed by atoms with Crippen LogP contribution in [0.1, 0.15) is 24.1 Å². The molecule has 3 aliphatic rings. The van der Waals surface area contributed by atoms with Crippen LogP contribution in [0.3, 0.4) is 0 Å². The highest BCUT2D eigenvalue weighted by Crippen LogP contribution is 2.32. The summed E-state index contributed by atoms with van der Waals surface area (Å²) in [5, 5.41) is 0. The molecule has 27 heavy (non-hydrogen) atoms. The van der Waals surface area contributed by atoms with E-state index in [1.807, 2.05) is 4.90 Å². The highest BCUT2D eigenvalue weighted by Gasteiger charge is 2.32. The molecular weight excluding hydrogens is 340 g/mol. The molecule has 2 aliphatic heterocycles. The molecule has 0 unspecified atom stereocenters. The second kappa shape index (κ2) is 7.46. The highest BCUT2D eigenvalue weighted by atomic mass is 16.2. The smallest absolute Gasteiger partial charge is 0.246 e. The van der Waals surface area contributed by atoms with Crippen LogP contribution in [0.25, 0.3) is 0 Å². The molecule has 0 saturated carbocycles. The Bertz CT molecular complexity index is 719. The zero-order valence-electron chi connectivity index (χ0n) is 16.5. The molecule has 0 spiro atoms. The van der Waals surface area contributed by atoms with Gasteiger partial charge in [0.05, 0.1) is 5.69 Å². The lowest BCUT2D eigenvalue weighted by Crippen LogP contribution is -2.58. The summed E-state index contributed by atoms with van der Waals surface area (Å²) in [6.07, 6.45) is 5.95. The number of rotatable bonds is 4. The van der Waals surface area contributed by atoms with Crippen LogP contribution >= 0.6 is 0 Å². The summed E-state index contributed by atoms with van der Waals surface area (Å²) in [6.45, 7) is 8.69. The Morgan fingerprint density at radius 3 is 2.44 bits per heavy atom. The number of amides is 1. The first-order valence-corrected chi connectivity index (χ1v) is 10.0. The van der Waals surface area contributed by atoms with Crippen LogP contribution in [0.4, 0.5) is 11.8 Å². The largest absolute Gasteiger partial charge is 0.353 e. The molecule has 2 fully saturated rings. The minimum absolute atomic E-state index is 0.0235. The number of aryl methyl sites for hydroxylation is 1. The van der Waals surface area contributed by atoms with Crippen molar-refractivity contribution < 1.29 is 4.79 Å². The first-order chi connectivity index (χ1) is 13.1. The van der Waals surface area contributed by atoms with E-state index in [0.29, 0.717) is 6.04 Å². The zero-order chi connectivity index (χ0) is 19.0. The summed E-state index contributed by atoms with van der Waals surface area (Å²) in [6, 6.07) is 0.585. The van der Waals surface area contributed by atoms with Crippen LogP contribution in [-0.2, 0) is 17.6 Å². The second-order valence-electron chi connectivity index (χ2n) is 8.02. The van der Waals surface area contributed by atoms with Gasteiger partial charge in [0.2, 0.25) is 11.9 Å². The van der Waals surface area contributed by atoms with E-state index in [4.69, 9.17) is 9.97 Å². The topological polar surface area (TPSA) is 55.8 Å². The molecule has 2 saturated heterocycles. The quantitative estimate of drug-likeness (QED) is 0.736. The summed E-state index contributed by atoms with van der Waals surface area (Å²) in [5.74, 6) is 2.01. The van der Waals surface area contributed by atoms with Crippen LogP contribution in [0.5, 0.6) is 0 Å². The van der Waals surface area contributed by atoms with Crippen molar-refractivity contribution in [3.05, 3.63) is 23.9 Å². The zero-order valence-corrected chi connectivity index (χ0v) is 16.5. The molecule has 1 aromatic heterocycles. The summed E-state index contributed by atoms with van der Waals surface area (Å²) in [5.41, 5.74) is 2.57. The summed E-state index contributed by atoms with van der Waals surface area (Å²) in [7, 11) is 4.26. The van der Waals surface area contributed by atoms with E-state index < -0.39 is 0 Å². The molecule has 0 N–H and O–H groups in total. The standard InChI is InChI=1S/C20H30N6O/c1-4-18(27)24-9-11-25(12-10-24)19-16-7-5-6-8-17(16)21-20(22-19)26-13-15(14-26)23(2)3/h4,15H,1,5-14H2,2-3H3. The third kappa shape index (κ3) is 3.52. The lowest BCUT2D eigenvalue weighted by Gasteiger charge is -2.43. The maximum absolute atomic E-state index is 11.9. The van der Waals surface area contributed by atoms with E-state index in [9.17, 15) is 4.79 Å². The maximum atomic E-state index is 11.9. The monoisotopic (exact) mass is 370 g/mol. The van der Waals surface area contributed by atoms with Crippen LogP contribution in [-0.4, -0.2) is 85.1 Å². The Hall–Kier alpha value is -2.15. The number of fused-ring (bicyclic) bond motifs is 1. The van der Waals surface area contributed by atoms with E-state index in [2.05, 4.69) is 35.4 Å². The molecule has 0 radical (unpaired) electrons. The van der Waals surface area contributed by atoms with Gasteiger partial charge in [0.25, 0.3) is 0 Å². The first kappa shape index (κ1) is 18.2. The van der Waals surface area contributed by atoms with Gasteiger partial charge in [0.1, 0.15) is 5.82 Å². The number of carbonyl (C=O) groups is 1. The number of aromatic nitrogens is 2. The van der Waals surface area contributed by atoms with Crippen molar-refractivity contribution in [1.82, 2.24) is 19.8 Å². The van der Waals surface area contributed by atoms with E-state index in [-0.39, 0.29) is 5.91 Å². The number of hydrogen-bond acceptors (Lipinski definition) is 6. The molecule has 7 heteroatoms. The van der Waals surface area contributed by atoms with Gasteiger partial charge in [-0.2, -0.15) is 4.98 Å². The average molecular weight is 371 g/mol. The van der Waals surface area contributed by atoms with E-state index in [1.54, 1.807) is 0 Å². The Kier molecular flexibility index (Phi) is 5.04. The molecular formula is C20H30N6O. The van der Waals surface area contributed by atoms with E-state index in [0.717, 1.165) is 63.9 Å². The number of anilines is 2. The molecule has 1 aromatic rings. The Morgan fingerprint density at radius 2 is 1.78 bits per heavy atom.